The number of hydrogen-bond acceptors (Lipinski definition) is 10. The second kappa shape index (κ2) is 11.3. The highest BCUT2D eigenvalue weighted by Crippen LogP contribution is 2.29. The van der Waals surface area contributed by atoms with Gasteiger partial charge in [0.25, 0.3) is 0 Å². The minimum absolute atomic E-state index is 0.0804. The molecule has 192 valence electrons. The maximum absolute atomic E-state index is 12.2. The molecule has 0 N–H and O–H groups in total. The predicted molar refractivity (Wildman–Crippen MR) is 133 cm³/mol. The van der Waals surface area contributed by atoms with Gasteiger partial charge in [-0.1, -0.05) is 0 Å². The number of rotatable bonds is 7. The number of carbonyl (C=O) groups excluding carboxylic acids is 3. The summed E-state index contributed by atoms with van der Waals surface area (Å²) in [5.74, 6) is 2.45. The van der Waals surface area contributed by atoms with Crippen LogP contribution >= 0.6 is 0 Å². The number of carbonyl (C=O) groups is 3. The monoisotopic (exact) mass is 486 g/mol. The molecule has 0 aliphatic carbocycles. The Morgan fingerprint density at radius 3 is 1.26 bits per heavy atom. The number of anilines is 3. The van der Waals surface area contributed by atoms with Crippen LogP contribution in [0.5, 0.6) is 0 Å². The molecule has 1 aromatic rings. The van der Waals surface area contributed by atoms with E-state index >= 15 is 0 Å². The molecule has 0 bridgehead atoms. The summed E-state index contributed by atoms with van der Waals surface area (Å²) >= 11 is 0. The normalized spacial score (nSPS) is 20.7. The van der Waals surface area contributed by atoms with E-state index < -0.39 is 0 Å². The third kappa shape index (κ3) is 6.08. The van der Waals surface area contributed by atoms with E-state index in [1.165, 1.54) is 0 Å². The molecule has 3 aliphatic heterocycles. The Bertz CT molecular complexity index is 864. The summed E-state index contributed by atoms with van der Waals surface area (Å²) in [6.45, 7) is 9.91. The van der Waals surface area contributed by atoms with Crippen LogP contribution in [0, 0.1) is 17.8 Å². The number of nitrogens with zero attached hydrogens (tertiary/aromatic N) is 6. The van der Waals surface area contributed by atoms with Gasteiger partial charge >= 0.3 is 5.97 Å². The molecule has 3 fully saturated rings. The lowest BCUT2D eigenvalue weighted by atomic mass is 9.93. The minimum Gasteiger partial charge on any atom is -0.466 e. The van der Waals surface area contributed by atoms with E-state index in [1.54, 1.807) is 13.8 Å². The third-order valence-electron chi connectivity index (χ3n) is 7.70. The molecule has 0 aromatic carbocycles. The molecular formula is C25H38N6O4. The van der Waals surface area contributed by atoms with Crippen LogP contribution in [0.15, 0.2) is 0 Å². The molecule has 0 amide bonds. The summed E-state index contributed by atoms with van der Waals surface area (Å²) < 4.78 is 5.21. The summed E-state index contributed by atoms with van der Waals surface area (Å²) in [4.78, 5) is 56.8. The first-order chi connectivity index (χ1) is 16.9. The Balaban J connectivity index is 1.52. The van der Waals surface area contributed by atoms with E-state index in [0.717, 1.165) is 51.9 Å². The van der Waals surface area contributed by atoms with Gasteiger partial charge in [-0.05, 0) is 59.3 Å². The van der Waals surface area contributed by atoms with Crippen molar-refractivity contribution in [1.82, 2.24) is 15.0 Å². The molecule has 3 aliphatic rings. The van der Waals surface area contributed by atoms with Gasteiger partial charge in [0.1, 0.15) is 11.6 Å². The molecule has 0 saturated carbocycles. The van der Waals surface area contributed by atoms with Crippen molar-refractivity contribution in [2.24, 2.45) is 17.8 Å². The molecule has 1 aromatic heterocycles. The third-order valence-corrected chi connectivity index (χ3v) is 7.70. The zero-order valence-electron chi connectivity index (χ0n) is 21.2. The molecule has 0 unspecified atom stereocenters. The van der Waals surface area contributed by atoms with E-state index in [9.17, 15) is 14.4 Å². The van der Waals surface area contributed by atoms with Crippen LogP contribution < -0.4 is 14.7 Å². The van der Waals surface area contributed by atoms with E-state index in [0.29, 0.717) is 50.4 Å². The van der Waals surface area contributed by atoms with E-state index in [2.05, 4.69) is 14.7 Å². The van der Waals surface area contributed by atoms with Crippen molar-refractivity contribution in [3.63, 3.8) is 0 Å². The average molecular weight is 487 g/mol. The highest BCUT2D eigenvalue weighted by Gasteiger charge is 2.31. The molecular weight excluding hydrogens is 448 g/mol. The SMILES string of the molecule is CCOC(=O)C1CCN(c2nc(N3CCC(C(C)=O)CC3)nc(N3CCC(C(C)=O)CC3)n2)CC1. The van der Waals surface area contributed by atoms with Gasteiger partial charge in [-0.15, -0.1) is 0 Å². The Morgan fingerprint density at radius 1 is 0.657 bits per heavy atom. The van der Waals surface area contributed by atoms with Crippen molar-refractivity contribution < 1.29 is 19.1 Å². The summed E-state index contributed by atoms with van der Waals surface area (Å²) in [5.41, 5.74) is 0. The maximum Gasteiger partial charge on any atom is 0.309 e. The van der Waals surface area contributed by atoms with Crippen LogP contribution in [0.2, 0.25) is 0 Å². The van der Waals surface area contributed by atoms with Crippen molar-refractivity contribution in [2.45, 2.75) is 59.3 Å². The van der Waals surface area contributed by atoms with Gasteiger partial charge in [-0.3, -0.25) is 14.4 Å². The number of ketones is 2. The van der Waals surface area contributed by atoms with Crippen molar-refractivity contribution in [1.29, 1.82) is 0 Å². The van der Waals surface area contributed by atoms with Crippen LogP contribution in [-0.4, -0.2) is 78.4 Å². The molecule has 3 saturated heterocycles. The molecule has 0 atom stereocenters. The van der Waals surface area contributed by atoms with Crippen molar-refractivity contribution in [3.05, 3.63) is 0 Å². The van der Waals surface area contributed by atoms with Gasteiger partial charge in [0.15, 0.2) is 0 Å². The fourth-order valence-electron chi connectivity index (χ4n) is 5.31. The average Bonchev–Trinajstić information content (AvgIpc) is 2.88. The summed E-state index contributed by atoms with van der Waals surface area (Å²) in [6, 6.07) is 0. The number of hydrogen-bond donors (Lipinski definition) is 0. The standard InChI is InChI=1S/C25H38N6O4/c1-4-35-22(34)21-9-15-31(16-10-21)25-27-23(29-11-5-19(6-12-29)17(2)32)26-24(28-25)30-13-7-20(8-14-30)18(3)33/h19-21H,4-16H2,1-3H3. The van der Waals surface area contributed by atoms with Crippen LogP contribution in [0.1, 0.15) is 59.3 Å². The molecule has 10 heteroatoms. The summed E-state index contributed by atoms with van der Waals surface area (Å²) in [5, 5.41) is 0. The summed E-state index contributed by atoms with van der Waals surface area (Å²) in [7, 11) is 0. The lowest BCUT2D eigenvalue weighted by Crippen LogP contribution is -2.41. The van der Waals surface area contributed by atoms with E-state index in [-0.39, 0.29) is 35.3 Å². The van der Waals surface area contributed by atoms with Gasteiger partial charge in [-0.25, -0.2) is 0 Å². The lowest BCUT2D eigenvalue weighted by Gasteiger charge is -2.35. The lowest BCUT2D eigenvalue weighted by molar-refractivity contribution is -0.148. The highest BCUT2D eigenvalue weighted by molar-refractivity contribution is 5.79. The molecule has 35 heavy (non-hydrogen) atoms. The van der Waals surface area contributed by atoms with Gasteiger partial charge < -0.3 is 19.4 Å². The van der Waals surface area contributed by atoms with E-state index in [1.807, 2.05) is 6.92 Å². The first-order valence-electron chi connectivity index (χ1n) is 13.0. The topological polar surface area (TPSA) is 109 Å². The zero-order valence-corrected chi connectivity index (χ0v) is 21.2. The fourth-order valence-corrected chi connectivity index (χ4v) is 5.31. The molecule has 4 heterocycles. The number of Topliss-reactive ketones (excluding diaryl/α,β-unsaturated/α-hetero) is 2. The molecule has 4 rings (SSSR count). The second-order valence-electron chi connectivity index (χ2n) is 9.99. The Labute approximate surface area is 207 Å². The van der Waals surface area contributed by atoms with Crippen molar-refractivity contribution >= 4 is 35.4 Å². The van der Waals surface area contributed by atoms with Gasteiger partial charge in [0.2, 0.25) is 17.8 Å². The minimum atomic E-state index is -0.120. The number of aromatic nitrogens is 3. The molecule has 0 spiro atoms. The Kier molecular flexibility index (Phi) is 8.18. The second-order valence-corrected chi connectivity index (χ2v) is 9.99. The van der Waals surface area contributed by atoms with Crippen LogP contribution in [0.3, 0.4) is 0 Å². The van der Waals surface area contributed by atoms with Gasteiger partial charge in [-0.2, -0.15) is 15.0 Å². The number of esters is 1. The quantitative estimate of drug-likeness (QED) is 0.532. The maximum atomic E-state index is 12.2. The molecule has 10 nitrogen and oxygen atoms in total. The largest absolute Gasteiger partial charge is 0.466 e. The first kappa shape index (κ1) is 25.3. The highest BCUT2D eigenvalue weighted by atomic mass is 16.5. The van der Waals surface area contributed by atoms with Crippen molar-refractivity contribution in [2.75, 3.05) is 60.6 Å². The predicted octanol–water partition coefficient (Wildman–Crippen LogP) is 2.26. The number of piperidine rings is 3. The van der Waals surface area contributed by atoms with E-state index in [4.69, 9.17) is 19.7 Å². The van der Waals surface area contributed by atoms with Gasteiger partial charge in [0.05, 0.1) is 12.5 Å². The summed E-state index contributed by atoms with van der Waals surface area (Å²) in [6.07, 6.45) is 4.65. The Morgan fingerprint density at radius 2 is 0.971 bits per heavy atom. The Hall–Kier alpha value is -2.78. The van der Waals surface area contributed by atoms with Crippen LogP contribution in [0.4, 0.5) is 17.8 Å². The first-order valence-corrected chi connectivity index (χ1v) is 13.0. The molecule has 0 radical (unpaired) electrons. The van der Waals surface area contributed by atoms with Gasteiger partial charge in [0, 0.05) is 51.1 Å². The zero-order chi connectivity index (χ0) is 24.9. The fraction of sp³-hybridized carbons (Fsp3) is 0.760. The van der Waals surface area contributed by atoms with Crippen LogP contribution in [-0.2, 0) is 19.1 Å². The van der Waals surface area contributed by atoms with Crippen LogP contribution in [0.25, 0.3) is 0 Å². The number of ether oxygens (including phenoxy) is 1. The smallest absolute Gasteiger partial charge is 0.309 e. The van der Waals surface area contributed by atoms with Crippen molar-refractivity contribution in [3.8, 4) is 0 Å².